The minimum Gasteiger partial charge on any atom is -0.484 e. The number of carbonyl (C=O) groups is 2. The average molecular weight is 318 g/mol. The van der Waals surface area contributed by atoms with Gasteiger partial charge >= 0.3 is 5.97 Å². The maximum Gasteiger partial charge on any atom is 0.329 e. The second-order valence-electron chi connectivity index (χ2n) is 4.65. The average Bonchev–Trinajstić information content (AvgIpc) is 2.35. The molecule has 20 heavy (non-hydrogen) atoms. The third kappa shape index (κ3) is 3.16. The number of nitrogens with one attached hydrogen (secondary N) is 1. The smallest absolute Gasteiger partial charge is 0.329 e. The summed E-state index contributed by atoms with van der Waals surface area (Å²) in [5, 5.41) is 12.3. The number of ether oxygens (including phenoxy) is 1. The lowest BCUT2D eigenvalue weighted by Crippen LogP contribution is -2.59. The molecule has 0 saturated heterocycles. The normalized spacial score (nSPS) is 16.1. The molecule has 2 N–H and O–H groups in total. The SMILES string of the molecule is O=C(COc1ccc(Cl)c(Cl)c1)NC1(C(=O)O)CCC1. The van der Waals surface area contributed by atoms with E-state index >= 15 is 0 Å². The molecular weight excluding hydrogens is 305 g/mol. The number of carbonyl (C=O) groups excluding carboxylic acids is 1. The van der Waals surface area contributed by atoms with Gasteiger partial charge in [-0.1, -0.05) is 23.2 Å². The minimum atomic E-state index is -1.13. The molecule has 1 saturated carbocycles. The number of halogens is 2. The maximum absolute atomic E-state index is 11.7. The molecule has 7 heteroatoms. The van der Waals surface area contributed by atoms with Gasteiger partial charge in [-0.3, -0.25) is 4.79 Å². The predicted molar refractivity (Wildman–Crippen MR) is 74.3 cm³/mol. The van der Waals surface area contributed by atoms with E-state index in [0.717, 1.165) is 6.42 Å². The molecule has 2 rings (SSSR count). The highest BCUT2D eigenvalue weighted by atomic mass is 35.5. The van der Waals surface area contributed by atoms with E-state index in [0.29, 0.717) is 28.6 Å². The Balaban J connectivity index is 1.89. The molecule has 0 aliphatic heterocycles. The van der Waals surface area contributed by atoms with Crippen LogP contribution in [0.25, 0.3) is 0 Å². The van der Waals surface area contributed by atoms with Gasteiger partial charge in [0.15, 0.2) is 6.61 Å². The van der Waals surface area contributed by atoms with Gasteiger partial charge in [0.1, 0.15) is 11.3 Å². The summed E-state index contributed by atoms with van der Waals surface area (Å²) in [7, 11) is 0. The molecule has 1 amide bonds. The van der Waals surface area contributed by atoms with Crippen LogP contribution < -0.4 is 10.1 Å². The van der Waals surface area contributed by atoms with Gasteiger partial charge in [0.05, 0.1) is 10.0 Å². The Kier molecular flexibility index (Phi) is 4.40. The van der Waals surface area contributed by atoms with Crippen molar-refractivity contribution in [2.45, 2.75) is 24.8 Å². The van der Waals surface area contributed by atoms with Crippen LogP contribution in [0.1, 0.15) is 19.3 Å². The molecule has 1 aromatic carbocycles. The van der Waals surface area contributed by atoms with Crippen LogP contribution in [0, 0.1) is 0 Å². The molecule has 0 radical (unpaired) electrons. The van der Waals surface area contributed by atoms with Gasteiger partial charge in [-0.25, -0.2) is 4.79 Å². The first-order valence-electron chi connectivity index (χ1n) is 6.05. The van der Waals surface area contributed by atoms with E-state index in [1.807, 2.05) is 0 Å². The summed E-state index contributed by atoms with van der Waals surface area (Å²) in [6.45, 7) is -0.271. The van der Waals surface area contributed by atoms with Crippen LogP contribution in [-0.2, 0) is 9.59 Å². The van der Waals surface area contributed by atoms with Crippen LogP contribution in [0.15, 0.2) is 18.2 Å². The van der Waals surface area contributed by atoms with Gasteiger partial charge in [0.25, 0.3) is 5.91 Å². The topological polar surface area (TPSA) is 75.6 Å². The lowest BCUT2D eigenvalue weighted by molar-refractivity contribution is -0.152. The van der Waals surface area contributed by atoms with Crippen molar-refractivity contribution in [2.75, 3.05) is 6.61 Å². The molecule has 0 atom stereocenters. The molecule has 1 aliphatic rings. The monoisotopic (exact) mass is 317 g/mol. The molecule has 0 heterocycles. The number of benzene rings is 1. The van der Waals surface area contributed by atoms with E-state index in [4.69, 9.17) is 33.0 Å². The molecule has 1 aliphatic carbocycles. The van der Waals surface area contributed by atoms with Gasteiger partial charge in [0, 0.05) is 6.07 Å². The predicted octanol–water partition coefficient (Wildman–Crippen LogP) is 2.50. The fraction of sp³-hybridized carbons (Fsp3) is 0.385. The number of carboxylic acids is 1. The minimum absolute atomic E-state index is 0.271. The van der Waals surface area contributed by atoms with E-state index in [2.05, 4.69) is 5.32 Å². The number of amides is 1. The Hall–Kier alpha value is -1.46. The molecule has 0 unspecified atom stereocenters. The van der Waals surface area contributed by atoms with Crippen LogP contribution in [0.4, 0.5) is 0 Å². The first kappa shape index (κ1) is 14.9. The largest absolute Gasteiger partial charge is 0.484 e. The summed E-state index contributed by atoms with van der Waals surface area (Å²) in [4.78, 5) is 22.8. The number of rotatable bonds is 5. The van der Waals surface area contributed by atoms with Gasteiger partial charge in [-0.2, -0.15) is 0 Å². The Labute approximate surface area is 125 Å². The van der Waals surface area contributed by atoms with Crippen LogP contribution in [0.5, 0.6) is 5.75 Å². The number of hydrogen-bond donors (Lipinski definition) is 2. The van der Waals surface area contributed by atoms with Crippen LogP contribution in [0.3, 0.4) is 0 Å². The van der Waals surface area contributed by atoms with Crippen molar-refractivity contribution in [3.63, 3.8) is 0 Å². The second-order valence-corrected chi connectivity index (χ2v) is 5.47. The van der Waals surface area contributed by atoms with Crippen molar-refractivity contribution < 1.29 is 19.4 Å². The summed E-state index contributed by atoms with van der Waals surface area (Å²) in [5.41, 5.74) is -1.13. The first-order chi connectivity index (χ1) is 9.43. The van der Waals surface area contributed by atoms with Crippen molar-refractivity contribution >= 4 is 35.1 Å². The zero-order valence-corrected chi connectivity index (χ0v) is 12.0. The molecule has 1 aromatic rings. The molecule has 0 aromatic heterocycles. The van der Waals surface area contributed by atoms with Crippen LogP contribution >= 0.6 is 23.2 Å². The first-order valence-corrected chi connectivity index (χ1v) is 6.81. The molecular formula is C13H13Cl2NO4. The Bertz CT molecular complexity index is 543. The van der Waals surface area contributed by atoms with Gasteiger partial charge in [0.2, 0.25) is 0 Å². The molecule has 5 nitrogen and oxygen atoms in total. The van der Waals surface area contributed by atoms with E-state index < -0.39 is 17.4 Å². The van der Waals surface area contributed by atoms with Crippen LogP contribution in [0.2, 0.25) is 10.0 Å². The number of carboxylic acid groups (broad SMARTS) is 1. The highest BCUT2D eigenvalue weighted by Crippen LogP contribution is 2.32. The van der Waals surface area contributed by atoms with E-state index in [1.54, 1.807) is 12.1 Å². The third-order valence-electron chi connectivity index (χ3n) is 3.26. The standard InChI is InChI=1S/C13H13Cl2NO4/c14-9-3-2-8(6-10(9)15)20-7-11(17)16-13(12(18)19)4-1-5-13/h2-3,6H,1,4-5,7H2,(H,16,17)(H,18,19). The van der Waals surface area contributed by atoms with Crippen molar-refractivity contribution in [2.24, 2.45) is 0 Å². The number of hydrogen-bond acceptors (Lipinski definition) is 3. The third-order valence-corrected chi connectivity index (χ3v) is 4.00. The van der Waals surface area contributed by atoms with Crippen molar-refractivity contribution in [3.8, 4) is 5.75 Å². The summed E-state index contributed by atoms with van der Waals surface area (Å²) < 4.78 is 5.25. The quantitative estimate of drug-likeness (QED) is 0.874. The fourth-order valence-corrected chi connectivity index (χ4v) is 2.23. The highest BCUT2D eigenvalue weighted by molar-refractivity contribution is 6.42. The summed E-state index contributed by atoms with van der Waals surface area (Å²) in [6.07, 6.45) is 1.68. The molecule has 1 fully saturated rings. The fourth-order valence-electron chi connectivity index (χ4n) is 1.94. The van der Waals surface area contributed by atoms with Gasteiger partial charge in [-0.15, -0.1) is 0 Å². The molecule has 0 spiro atoms. The lowest BCUT2D eigenvalue weighted by Gasteiger charge is -2.38. The van der Waals surface area contributed by atoms with E-state index in [1.165, 1.54) is 6.07 Å². The van der Waals surface area contributed by atoms with Crippen LogP contribution in [-0.4, -0.2) is 29.1 Å². The number of aliphatic carboxylic acids is 1. The zero-order valence-electron chi connectivity index (χ0n) is 10.5. The summed E-state index contributed by atoms with van der Waals surface area (Å²) in [6, 6.07) is 4.63. The molecule has 108 valence electrons. The highest BCUT2D eigenvalue weighted by Gasteiger charge is 2.45. The van der Waals surface area contributed by atoms with E-state index in [-0.39, 0.29) is 6.61 Å². The van der Waals surface area contributed by atoms with Crippen molar-refractivity contribution in [1.82, 2.24) is 5.32 Å². The second kappa shape index (κ2) is 5.89. The van der Waals surface area contributed by atoms with Crippen molar-refractivity contribution in [3.05, 3.63) is 28.2 Å². The molecule has 0 bridgehead atoms. The van der Waals surface area contributed by atoms with E-state index in [9.17, 15) is 9.59 Å². The summed E-state index contributed by atoms with van der Waals surface area (Å²) in [5.74, 6) is -1.09. The Morgan fingerprint density at radius 1 is 1.30 bits per heavy atom. The lowest BCUT2D eigenvalue weighted by atomic mass is 9.77. The van der Waals surface area contributed by atoms with Crippen molar-refractivity contribution in [1.29, 1.82) is 0 Å². The zero-order chi connectivity index (χ0) is 14.8. The van der Waals surface area contributed by atoms with Gasteiger partial charge in [-0.05, 0) is 31.4 Å². The Morgan fingerprint density at radius 2 is 2.00 bits per heavy atom. The van der Waals surface area contributed by atoms with Gasteiger partial charge < -0.3 is 15.2 Å². The maximum atomic E-state index is 11.7. The summed E-state index contributed by atoms with van der Waals surface area (Å²) >= 11 is 11.6. The Morgan fingerprint density at radius 3 is 2.50 bits per heavy atom.